The van der Waals surface area contributed by atoms with E-state index in [2.05, 4.69) is 19.8 Å². The normalized spacial score (nSPS) is 32.1. The first-order chi connectivity index (χ1) is 11.7. The van der Waals surface area contributed by atoms with E-state index in [1.807, 2.05) is 0 Å². The Hall–Kier alpha value is -1.57. The molecule has 0 radical (unpaired) electrons. The number of likely N-dealkylation sites (tertiary alicyclic amines) is 2. The van der Waals surface area contributed by atoms with Gasteiger partial charge in [0.2, 0.25) is 0 Å². The highest BCUT2D eigenvalue weighted by atomic mass is 16.5. The van der Waals surface area contributed by atoms with Crippen molar-refractivity contribution in [1.82, 2.24) is 19.8 Å². The zero-order chi connectivity index (χ0) is 16.6. The minimum Gasteiger partial charge on any atom is -0.481 e. The molecule has 1 N–H and O–H groups in total. The molecule has 3 aliphatic rings. The lowest BCUT2D eigenvalue weighted by molar-refractivity contribution is -0.149. The van der Waals surface area contributed by atoms with Crippen molar-refractivity contribution in [3.05, 3.63) is 24.3 Å². The molecule has 4 heterocycles. The van der Waals surface area contributed by atoms with Gasteiger partial charge in [-0.15, -0.1) is 0 Å². The van der Waals surface area contributed by atoms with Crippen molar-refractivity contribution in [2.45, 2.75) is 25.4 Å². The zero-order valence-electron chi connectivity index (χ0n) is 13.8. The number of aliphatic carboxylic acids is 1. The second-order valence-corrected chi connectivity index (χ2v) is 7.27. The highest BCUT2D eigenvalue weighted by Crippen LogP contribution is 2.44. The summed E-state index contributed by atoms with van der Waals surface area (Å²) < 4.78 is 5.44. The van der Waals surface area contributed by atoms with Crippen LogP contribution >= 0.6 is 0 Å². The number of hydrogen-bond donors (Lipinski definition) is 1. The number of fused-ring (bicyclic) bond motifs is 1. The lowest BCUT2D eigenvalue weighted by atomic mass is 9.81. The van der Waals surface area contributed by atoms with Crippen LogP contribution < -0.4 is 0 Å². The molecule has 1 aromatic heterocycles. The van der Waals surface area contributed by atoms with E-state index in [9.17, 15) is 9.90 Å². The zero-order valence-corrected chi connectivity index (χ0v) is 13.8. The first-order valence-corrected chi connectivity index (χ1v) is 8.71. The van der Waals surface area contributed by atoms with Crippen LogP contribution in [0.5, 0.6) is 0 Å². The number of carbonyl (C=O) groups is 1. The van der Waals surface area contributed by atoms with E-state index < -0.39 is 11.4 Å². The molecule has 3 aliphatic heterocycles. The molecule has 7 nitrogen and oxygen atoms in total. The summed E-state index contributed by atoms with van der Waals surface area (Å²) in [5.41, 5.74) is -0.646. The molecule has 7 heteroatoms. The second-order valence-electron chi connectivity index (χ2n) is 7.27. The van der Waals surface area contributed by atoms with Gasteiger partial charge in [0, 0.05) is 63.7 Å². The number of carboxylic acids is 1. The van der Waals surface area contributed by atoms with E-state index >= 15 is 0 Å². The highest BCUT2D eigenvalue weighted by Gasteiger charge is 2.58. The minimum absolute atomic E-state index is 0.182. The first-order valence-electron chi connectivity index (χ1n) is 8.71. The summed E-state index contributed by atoms with van der Waals surface area (Å²) in [6.45, 7) is 5.15. The average molecular weight is 332 g/mol. The maximum atomic E-state index is 12.1. The summed E-state index contributed by atoms with van der Waals surface area (Å²) in [6.07, 6.45) is 5.51. The van der Waals surface area contributed by atoms with Gasteiger partial charge >= 0.3 is 5.97 Å². The molecule has 1 aromatic rings. The van der Waals surface area contributed by atoms with E-state index in [1.54, 1.807) is 18.5 Å². The molecule has 3 fully saturated rings. The summed E-state index contributed by atoms with van der Waals surface area (Å²) in [7, 11) is 0. The monoisotopic (exact) mass is 332 g/mol. The van der Waals surface area contributed by atoms with Gasteiger partial charge in [0.25, 0.3) is 0 Å². The van der Waals surface area contributed by atoms with E-state index in [1.165, 1.54) is 0 Å². The van der Waals surface area contributed by atoms with Gasteiger partial charge in [-0.05, 0) is 18.9 Å². The fourth-order valence-corrected chi connectivity index (χ4v) is 4.57. The Balaban J connectivity index is 1.46. The molecule has 0 aliphatic carbocycles. The standard InChI is InChI=1S/C17H24N4O3/c22-16(23)17-11-20(10-15-18-4-1-5-19-15)8-13(17)9-21(12-17)14-2-6-24-7-3-14/h1,4-5,13-14H,2-3,6-12H2,(H,22,23)/t13-,17-/m1/s1. The highest BCUT2D eigenvalue weighted by molar-refractivity contribution is 5.77. The molecule has 0 spiro atoms. The largest absolute Gasteiger partial charge is 0.481 e. The number of hydrogen-bond acceptors (Lipinski definition) is 6. The third-order valence-electron chi connectivity index (χ3n) is 5.82. The molecule has 2 atom stereocenters. The first kappa shape index (κ1) is 15.9. The Morgan fingerprint density at radius 3 is 2.67 bits per heavy atom. The third-order valence-corrected chi connectivity index (χ3v) is 5.82. The van der Waals surface area contributed by atoms with Crippen molar-refractivity contribution >= 4 is 5.97 Å². The van der Waals surface area contributed by atoms with Crippen LogP contribution in [0.2, 0.25) is 0 Å². The molecule has 4 rings (SSSR count). The summed E-state index contributed by atoms with van der Waals surface area (Å²) >= 11 is 0. The smallest absolute Gasteiger partial charge is 0.312 e. The third kappa shape index (κ3) is 2.81. The summed E-state index contributed by atoms with van der Waals surface area (Å²) in [6, 6.07) is 2.28. The van der Waals surface area contributed by atoms with Gasteiger partial charge in [-0.1, -0.05) is 0 Å². The Bertz CT molecular complexity index is 593. The molecule has 0 amide bonds. The van der Waals surface area contributed by atoms with Crippen molar-refractivity contribution in [3.8, 4) is 0 Å². The van der Waals surface area contributed by atoms with Gasteiger partial charge in [-0.2, -0.15) is 0 Å². The number of rotatable bonds is 4. The molecule has 0 aromatic carbocycles. The quantitative estimate of drug-likeness (QED) is 0.859. The van der Waals surface area contributed by atoms with Gasteiger partial charge in [0.15, 0.2) is 0 Å². The maximum absolute atomic E-state index is 12.1. The van der Waals surface area contributed by atoms with E-state index in [4.69, 9.17) is 4.74 Å². The fraction of sp³-hybridized carbons (Fsp3) is 0.706. The lowest BCUT2D eigenvalue weighted by Crippen LogP contribution is -2.44. The van der Waals surface area contributed by atoms with Crippen LogP contribution in [0, 0.1) is 11.3 Å². The van der Waals surface area contributed by atoms with E-state index in [-0.39, 0.29) is 5.92 Å². The van der Waals surface area contributed by atoms with Gasteiger partial charge in [-0.3, -0.25) is 14.6 Å². The summed E-state index contributed by atoms with van der Waals surface area (Å²) in [4.78, 5) is 25.3. The van der Waals surface area contributed by atoms with Crippen LogP contribution in [0.4, 0.5) is 0 Å². The van der Waals surface area contributed by atoms with Crippen LogP contribution in [-0.2, 0) is 16.1 Å². The van der Waals surface area contributed by atoms with Crippen molar-refractivity contribution < 1.29 is 14.6 Å². The van der Waals surface area contributed by atoms with Gasteiger partial charge in [0.1, 0.15) is 5.82 Å². The van der Waals surface area contributed by atoms with Crippen LogP contribution in [0.3, 0.4) is 0 Å². The summed E-state index contributed by atoms with van der Waals surface area (Å²) in [5, 5.41) is 9.96. The number of nitrogens with zero attached hydrogens (tertiary/aromatic N) is 4. The number of aromatic nitrogens is 2. The predicted octanol–water partition coefficient (Wildman–Crippen LogP) is 0.474. The van der Waals surface area contributed by atoms with Crippen LogP contribution in [0.1, 0.15) is 18.7 Å². The van der Waals surface area contributed by atoms with Crippen LogP contribution in [0.25, 0.3) is 0 Å². The van der Waals surface area contributed by atoms with Gasteiger partial charge < -0.3 is 9.84 Å². The minimum atomic E-state index is -0.654. The van der Waals surface area contributed by atoms with Crippen molar-refractivity contribution in [1.29, 1.82) is 0 Å². The number of carboxylic acid groups (broad SMARTS) is 1. The molecule has 3 saturated heterocycles. The lowest BCUT2D eigenvalue weighted by Gasteiger charge is -2.33. The summed E-state index contributed by atoms with van der Waals surface area (Å²) in [5.74, 6) is 0.291. The second kappa shape index (κ2) is 6.38. The van der Waals surface area contributed by atoms with Gasteiger partial charge in [-0.25, -0.2) is 9.97 Å². The fourth-order valence-electron chi connectivity index (χ4n) is 4.57. The van der Waals surface area contributed by atoms with Crippen LogP contribution in [-0.4, -0.2) is 76.3 Å². The van der Waals surface area contributed by atoms with E-state index in [0.717, 1.165) is 45.0 Å². The molecule has 0 bridgehead atoms. The Labute approximate surface area is 141 Å². The maximum Gasteiger partial charge on any atom is 0.312 e. The molecule has 130 valence electrons. The molecular formula is C17H24N4O3. The van der Waals surface area contributed by atoms with Crippen molar-refractivity contribution in [2.24, 2.45) is 11.3 Å². The topological polar surface area (TPSA) is 78.8 Å². The van der Waals surface area contributed by atoms with Crippen molar-refractivity contribution in [2.75, 3.05) is 39.4 Å². The Morgan fingerprint density at radius 2 is 2.00 bits per heavy atom. The molecule has 0 saturated carbocycles. The Morgan fingerprint density at radius 1 is 1.25 bits per heavy atom. The van der Waals surface area contributed by atoms with E-state index in [0.29, 0.717) is 25.7 Å². The number of ether oxygens (including phenoxy) is 1. The molecule has 24 heavy (non-hydrogen) atoms. The van der Waals surface area contributed by atoms with Crippen molar-refractivity contribution in [3.63, 3.8) is 0 Å². The van der Waals surface area contributed by atoms with Crippen LogP contribution in [0.15, 0.2) is 18.5 Å². The average Bonchev–Trinajstić information content (AvgIpc) is 3.11. The molecule has 0 unspecified atom stereocenters. The molecular weight excluding hydrogens is 308 g/mol. The SMILES string of the molecule is O=C(O)[C@@]12CN(Cc3ncccn3)C[C@@H]1CN(C1CCOCC1)C2. The van der Waals surface area contributed by atoms with Gasteiger partial charge in [0.05, 0.1) is 12.0 Å². The Kier molecular flexibility index (Phi) is 4.24. The predicted molar refractivity (Wildman–Crippen MR) is 86.3 cm³/mol.